The number of anilines is 1. The van der Waals surface area contributed by atoms with Crippen molar-refractivity contribution in [3.8, 4) is 6.07 Å². The van der Waals surface area contributed by atoms with Crippen LogP contribution < -0.4 is 10.6 Å². The van der Waals surface area contributed by atoms with Crippen molar-refractivity contribution in [2.24, 2.45) is 0 Å². The first-order chi connectivity index (χ1) is 14.5. The van der Waals surface area contributed by atoms with E-state index in [0.717, 1.165) is 24.8 Å². The van der Waals surface area contributed by atoms with Crippen molar-refractivity contribution in [1.29, 1.82) is 5.26 Å². The number of nitrogens with one attached hydrogen (secondary N) is 2. The minimum atomic E-state index is -0.943. The van der Waals surface area contributed by atoms with Crippen LogP contribution in [0.2, 0.25) is 0 Å². The highest BCUT2D eigenvalue weighted by Gasteiger charge is 2.25. The van der Waals surface area contributed by atoms with E-state index in [1.54, 1.807) is 13.0 Å². The topological polar surface area (TPSA) is 108 Å². The lowest BCUT2D eigenvalue weighted by Crippen LogP contribution is -2.39. The molecule has 7 nitrogen and oxygen atoms in total. The number of aryl methyl sites for hydroxylation is 1. The molecule has 2 atom stereocenters. The predicted octanol–water partition coefficient (Wildman–Crippen LogP) is 3.28. The van der Waals surface area contributed by atoms with Crippen molar-refractivity contribution in [1.82, 2.24) is 5.32 Å². The van der Waals surface area contributed by atoms with Gasteiger partial charge < -0.3 is 15.4 Å². The number of fused-ring (bicyclic) bond motifs is 1. The highest BCUT2D eigenvalue weighted by Crippen LogP contribution is 2.29. The number of carbonyl (C=O) groups excluding carboxylic acids is 3. The van der Waals surface area contributed by atoms with Crippen LogP contribution in [-0.4, -0.2) is 23.9 Å². The van der Waals surface area contributed by atoms with Crippen LogP contribution in [-0.2, 0) is 20.7 Å². The van der Waals surface area contributed by atoms with E-state index in [1.807, 2.05) is 18.2 Å². The number of rotatable bonds is 6. The normalized spacial score (nSPS) is 15.8. The first-order valence-electron chi connectivity index (χ1n) is 9.84. The van der Waals surface area contributed by atoms with E-state index in [2.05, 4.69) is 16.7 Å². The van der Waals surface area contributed by atoms with Gasteiger partial charge in [-0.05, 0) is 61.6 Å². The van der Waals surface area contributed by atoms with E-state index in [4.69, 9.17) is 10.00 Å². The van der Waals surface area contributed by atoms with Gasteiger partial charge in [-0.25, -0.2) is 4.79 Å². The molecule has 2 N–H and O–H groups in total. The molecule has 1 aliphatic carbocycles. The molecule has 0 fully saturated rings. The molecule has 2 aromatic carbocycles. The molecule has 3 rings (SSSR count). The van der Waals surface area contributed by atoms with Crippen LogP contribution in [0.1, 0.15) is 53.7 Å². The zero-order valence-electron chi connectivity index (χ0n) is 16.7. The van der Waals surface area contributed by atoms with Gasteiger partial charge >= 0.3 is 5.97 Å². The second kappa shape index (κ2) is 9.70. The molecule has 154 valence electrons. The van der Waals surface area contributed by atoms with Gasteiger partial charge in [-0.15, -0.1) is 0 Å². The Labute approximate surface area is 175 Å². The Bertz CT molecular complexity index is 979. The Balaban J connectivity index is 1.56. The van der Waals surface area contributed by atoms with Gasteiger partial charge in [0.05, 0.1) is 17.7 Å². The second-order valence-corrected chi connectivity index (χ2v) is 7.16. The van der Waals surface area contributed by atoms with Crippen molar-refractivity contribution < 1.29 is 19.1 Å². The number of hydrogen-bond donors (Lipinski definition) is 2. The van der Waals surface area contributed by atoms with Crippen LogP contribution in [0.15, 0.2) is 48.5 Å². The number of benzene rings is 2. The van der Waals surface area contributed by atoms with Crippen LogP contribution in [0.3, 0.4) is 0 Å². The zero-order valence-corrected chi connectivity index (χ0v) is 16.7. The maximum absolute atomic E-state index is 12.6. The van der Waals surface area contributed by atoms with Gasteiger partial charge in [-0.1, -0.05) is 24.3 Å². The van der Waals surface area contributed by atoms with Gasteiger partial charge in [0, 0.05) is 5.69 Å². The number of ether oxygens (including phenoxy) is 1. The van der Waals surface area contributed by atoms with E-state index in [0.29, 0.717) is 5.69 Å². The zero-order chi connectivity index (χ0) is 21.5. The molecule has 0 bridgehead atoms. The smallest absolute Gasteiger partial charge is 0.338 e. The fourth-order valence-corrected chi connectivity index (χ4v) is 3.44. The van der Waals surface area contributed by atoms with E-state index in [9.17, 15) is 14.4 Å². The predicted molar refractivity (Wildman–Crippen MR) is 110 cm³/mol. The SMILES string of the molecule is C[C@H](OC(=O)c1ccc(NC(=O)CC#N)cc1)C(=O)N[C@@H]1CCCc2ccccc21. The van der Waals surface area contributed by atoms with Gasteiger partial charge in [0.2, 0.25) is 5.91 Å². The number of hydrogen-bond acceptors (Lipinski definition) is 5. The molecule has 30 heavy (non-hydrogen) atoms. The molecule has 0 unspecified atom stereocenters. The van der Waals surface area contributed by atoms with Crippen LogP contribution in [0, 0.1) is 11.3 Å². The third-order valence-corrected chi connectivity index (χ3v) is 4.98. The number of nitrogens with zero attached hydrogens (tertiary/aromatic N) is 1. The van der Waals surface area contributed by atoms with Crippen molar-refractivity contribution in [2.75, 3.05) is 5.32 Å². The lowest BCUT2D eigenvalue weighted by Gasteiger charge is -2.27. The summed E-state index contributed by atoms with van der Waals surface area (Å²) in [5.41, 5.74) is 3.08. The van der Waals surface area contributed by atoms with E-state index < -0.39 is 18.0 Å². The maximum Gasteiger partial charge on any atom is 0.338 e. The van der Waals surface area contributed by atoms with Crippen LogP contribution in [0.5, 0.6) is 0 Å². The Morgan fingerprint density at radius 3 is 2.63 bits per heavy atom. The molecular formula is C23H23N3O4. The fraction of sp³-hybridized carbons (Fsp3) is 0.304. The van der Waals surface area contributed by atoms with E-state index in [1.165, 1.54) is 29.8 Å². The first-order valence-corrected chi connectivity index (χ1v) is 9.84. The summed E-state index contributed by atoms with van der Waals surface area (Å²) in [6, 6.07) is 15.8. The van der Waals surface area contributed by atoms with Gasteiger partial charge in [0.15, 0.2) is 6.10 Å². The summed E-state index contributed by atoms with van der Waals surface area (Å²) < 4.78 is 5.31. The van der Waals surface area contributed by atoms with Gasteiger partial charge in [-0.2, -0.15) is 5.26 Å². The van der Waals surface area contributed by atoms with Crippen molar-refractivity contribution in [3.05, 3.63) is 65.2 Å². The molecule has 0 saturated carbocycles. The molecule has 0 radical (unpaired) electrons. The summed E-state index contributed by atoms with van der Waals surface area (Å²) in [7, 11) is 0. The maximum atomic E-state index is 12.6. The molecule has 2 amide bonds. The van der Waals surface area contributed by atoms with Crippen molar-refractivity contribution in [2.45, 2.75) is 44.8 Å². The molecule has 1 aliphatic rings. The minimum Gasteiger partial charge on any atom is -0.449 e. The van der Waals surface area contributed by atoms with E-state index in [-0.39, 0.29) is 23.9 Å². The highest BCUT2D eigenvalue weighted by atomic mass is 16.5. The fourth-order valence-electron chi connectivity index (χ4n) is 3.44. The lowest BCUT2D eigenvalue weighted by atomic mass is 9.87. The Kier molecular flexibility index (Phi) is 6.81. The molecule has 0 heterocycles. The molecule has 0 aliphatic heterocycles. The summed E-state index contributed by atoms with van der Waals surface area (Å²) >= 11 is 0. The third-order valence-electron chi connectivity index (χ3n) is 4.98. The summed E-state index contributed by atoms with van der Waals surface area (Å²) in [5.74, 6) is -1.40. The molecule has 0 spiro atoms. The molecular weight excluding hydrogens is 382 g/mol. The Hall–Kier alpha value is -3.66. The summed E-state index contributed by atoms with van der Waals surface area (Å²) in [6.07, 6.45) is 1.65. The van der Waals surface area contributed by atoms with Crippen LogP contribution in [0.4, 0.5) is 5.69 Å². The number of esters is 1. The quantitative estimate of drug-likeness (QED) is 0.717. The number of carbonyl (C=O) groups is 3. The minimum absolute atomic E-state index is 0.0834. The summed E-state index contributed by atoms with van der Waals surface area (Å²) in [5, 5.41) is 14.0. The largest absolute Gasteiger partial charge is 0.449 e. The molecule has 2 aromatic rings. The highest BCUT2D eigenvalue weighted by molar-refractivity contribution is 5.94. The monoisotopic (exact) mass is 405 g/mol. The molecule has 0 aromatic heterocycles. The van der Waals surface area contributed by atoms with Gasteiger partial charge in [0.1, 0.15) is 6.42 Å². The molecule has 0 saturated heterocycles. The summed E-state index contributed by atoms with van der Waals surface area (Å²) in [4.78, 5) is 36.3. The van der Waals surface area contributed by atoms with Crippen molar-refractivity contribution >= 4 is 23.5 Å². The first kappa shape index (κ1) is 21.1. The second-order valence-electron chi connectivity index (χ2n) is 7.16. The average molecular weight is 405 g/mol. The number of nitriles is 1. The van der Waals surface area contributed by atoms with E-state index >= 15 is 0 Å². The van der Waals surface area contributed by atoms with Crippen LogP contribution in [0.25, 0.3) is 0 Å². The standard InChI is InChI=1S/C23H23N3O4/c1-15(22(28)26-20-8-4-6-16-5-2-3-7-19(16)20)30-23(29)17-9-11-18(12-10-17)25-21(27)13-14-24/h2-3,5,7,9-12,15,20H,4,6,8,13H2,1H3,(H,25,27)(H,26,28)/t15-,20+/m0/s1. The third kappa shape index (κ3) is 5.23. The Morgan fingerprint density at radius 2 is 1.90 bits per heavy atom. The Morgan fingerprint density at radius 1 is 1.17 bits per heavy atom. The van der Waals surface area contributed by atoms with Gasteiger partial charge in [0.25, 0.3) is 5.91 Å². The van der Waals surface area contributed by atoms with Gasteiger partial charge in [-0.3, -0.25) is 9.59 Å². The van der Waals surface area contributed by atoms with Crippen molar-refractivity contribution in [3.63, 3.8) is 0 Å². The van der Waals surface area contributed by atoms with Crippen LogP contribution >= 0.6 is 0 Å². The number of amides is 2. The lowest BCUT2D eigenvalue weighted by molar-refractivity contribution is -0.130. The molecule has 7 heteroatoms. The summed E-state index contributed by atoms with van der Waals surface area (Å²) in [6.45, 7) is 1.54. The average Bonchev–Trinajstić information content (AvgIpc) is 2.74.